The summed E-state index contributed by atoms with van der Waals surface area (Å²) in [5.41, 5.74) is 5.58. The van der Waals surface area contributed by atoms with Crippen LogP contribution in [-0.4, -0.2) is 10.9 Å². The van der Waals surface area contributed by atoms with Crippen molar-refractivity contribution in [3.63, 3.8) is 0 Å². The molecule has 4 rings (SSSR count). The largest absolute Gasteiger partial charge is 0.436 e. The highest BCUT2D eigenvalue weighted by Crippen LogP contribution is 2.26. The molecule has 1 aromatic heterocycles. The van der Waals surface area contributed by atoms with Gasteiger partial charge in [-0.3, -0.25) is 4.79 Å². The van der Waals surface area contributed by atoms with Gasteiger partial charge in [0, 0.05) is 17.7 Å². The van der Waals surface area contributed by atoms with E-state index in [1.807, 2.05) is 79.7 Å². The van der Waals surface area contributed by atoms with Crippen LogP contribution in [0.25, 0.3) is 22.6 Å². The number of nitrogens with one attached hydrogen (secondary N) is 1. The highest BCUT2D eigenvalue weighted by atomic mass is 16.3. The number of oxazole rings is 1. The number of amides is 1. The van der Waals surface area contributed by atoms with Crippen molar-refractivity contribution in [1.29, 1.82) is 0 Å². The number of hydrogen-bond acceptors (Lipinski definition) is 3. The van der Waals surface area contributed by atoms with Crippen molar-refractivity contribution < 1.29 is 9.21 Å². The third kappa shape index (κ3) is 4.06. The number of carbonyl (C=O) groups is 1. The Morgan fingerprint density at radius 1 is 1.00 bits per heavy atom. The fraction of sp³-hybridized carbons (Fsp3) is 0.130. The van der Waals surface area contributed by atoms with Crippen molar-refractivity contribution in [1.82, 2.24) is 4.98 Å². The molecule has 1 amide bonds. The van der Waals surface area contributed by atoms with Crippen molar-refractivity contribution in [2.45, 2.75) is 19.8 Å². The molecule has 0 aliphatic rings. The first-order chi connectivity index (χ1) is 13.2. The van der Waals surface area contributed by atoms with E-state index in [9.17, 15) is 4.79 Å². The Morgan fingerprint density at radius 3 is 2.56 bits per heavy atom. The van der Waals surface area contributed by atoms with Gasteiger partial charge in [-0.25, -0.2) is 4.98 Å². The summed E-state index contributed by atoms with van der Waals surface area (Å²) >= 11 is 0. The average Bonchev–Trinajstić information content (AvgIpc) is 3.11. The van der Waals surface area contributed by atoms with Crippen LogP contribution in [0.3, 0.4) is 0 Å². The fourth-order valence-corrected chi connectivity index (χ4v) is 2.98. The topological polar surface area (TPSA) is 55.1 Å². The van der Waals surface area contributed by atoms with Crippen LogP contribution in [0.1, 0.15) is 17.5 Å². The minimum atomic E-state index is 0.00365. The van der Waals surface area contributed by atoms with Crippen LogP contribution in [0.4, 0.5) is 5.69 Å². The van der Waals surface area contributed by atoms with Crippen molar-refractivity contribution in [2.75, 3.05) is 5.32 Å². The number of aryl methyl sites for hydroxylation is 2. The summed E-state index contributed by atoms with van der Waals surface area (Å²) < 4.78 is 5.82. The molecule has 1 N–H and O–H groups in total. The third-order valence-corrected chi connectivity index (χ3v) is 4.44. The lowest BCUT2D eigenvalue weighted by molar-refractivity contribution is -0.116. The summed E-state index contributed by atoms with van der Waals surface area (Å²) in [6.45, 7) is 2.03. The quantitative estimate of drug-likeness (QED) is 0.523. The Labute approximate surface area is 157 Å². The summed E-state index contributed by atoms with van der Waals surface area (Å²) in [5, 5.41) is 2.93. The van der Waals surface area contributed by atoms with Gasteiger partial charge in [0.1, 0.15) is 5.52 Å². The zero-order valence-electron chi connectivity index (χ0n) is 15.1. The normalized spacial score (nSPS) is 10.9. The summed E-state index contributed by atoms with van der Waals surface area (Å²) in [6, 6.07) is 23.5. The zero-order valence-corrected chi connectivity index (χ0v) is 15.1. The van der Waals surface area contributed by atoms with E-state index in [-0.39, 0.29) is 5.91 Å². The number of benzene rings is 3. The van der Waals surface area contributed by atoms with Crippen molar-refractivity contribution in [3.8, 4) is 11.5 Å². The number of carbonyl (C=O) groups excluding carboxylic acids is 1. The average molecular weight is 356 g/mol. The van der Waals surface area contributed by atoms with Gasteiger partial charge >= 0.3 is 0 Å². The van der Waals surface area contributed by atoms with Gasteiger partial charge in [0.2, 0.25) is 11.8 Å². The molecule has 27 heavy (non-hydrogen) atoms. The van der Waals surface area contributed by atoms with E-state index < -0.39 is 0 Å². The van der Waals surface area contributed by atoms with Crippen molar-refractivity contribution >= 4 is 22.7 Å². The lowest BCUT2D eigenvalue weighted by Crippen LogP contribution is -2.12. The van der Waals surface area contributed by atoms with Gasteiger partial charge in [0.15, 0.2) is 5.58 Å². The van der Waals surface area contributed by atoms with Gasteiger partial charge in [-0.15, -0.1) is 0 Å². The number of fused-ring (bicyclic) bond motifs is 1. The molecule has 1 heterocycles. The number of hydrogen-bond donors (Lipinski definition) is 1. The van der Waals surface area contributed by atoms with Crippen LogP contribution in [0.5, 0.6) is 0 Å². The molecule has 0 saturated heterocycles. The van der Waals surface area contributed by atoms with Gasteiger partial charge in [-0.2, -0.15) is 0 Å². The summed E-state index contributed by atoms with van der Waals surface area (Å²) in [6.07, 6.45) is 1.18. The molecule has 4 aromatic rings. The second-order valence-electron chi connectivity index (χ2n) is 6.60. The standard InChI is InChI=1S/C23H20N2O2/c1-16-7-13-21-20(15-16)25-23(27-21)18-9-11-19(12-10-18)24-22(26)14-8-17-5-3-2-4-6-17/h2-7,9-13,15H,8,14H2,1H3,(H,24,26). The minimum Gasteiger partial charge on any atom is -0.436 e. The number of aromatic nitrogens is 1. The Morgan fingerprint density at radius 2 is 1.78 bits per heavy atom. The maximum absolute atomic E-state index is 12.1. The molecular formula is C23H20N2O2. The van der Waals surface area contributed by atoms with Crippen LogP contribution < -0.4 is 5.32 Å². The summed E-state index contributed by atoms with van der Waals surface area (Å²) in [7, 11) is 0. The van der Waals surface area contributed by atoms with Gasteiger partial charge in [-0.1, -0.05) is 36.4 Å². The Kier molecular flexibility index (Phi) is 4.71. The van der Waals surface area contributed by atoms with Crippen LogP contribution in [0, 0.1) is 6.92 Å². The molecule has 0 radical (unpaired) electrons. The predicted molar refractivity (Wildman–Crippen MR) is 108 cm³/mol. The SMILES string of the molecule is Cc1ccc2oc(-c3ccc(NC(=O)CCc4ccccc4)cc3)nc2c1. The lowest BCUT2D eigenvalue weighted by atomic mass is 10.1. The predicted octanol–water partition coefficient (Wildman–Crippen LogP) is 5.37. The molecule has 4 nitrogen and oxygen atoms in total. The molecular weight excluding hydrogens is 336 g/mol. The van der Waals surface area contributed by atoms with E-state index in [0.29, 0.717) is 12.3 Å². The van der Waals surface area contributed by atoms with Gasteiger partial charge in [0.25, 0.3) is 0 Å². The molecule has 0 bridgehead atoms. The van der Waals surface area contributed by atoms with Crippen LogP contribution >= 0.6 is 0 Å². The molecule has 0 aliphatic carbocycles. The van der Waals surface area contributed by atoms with E-state index >= 15 is 0 Å². The molecule has 0 saturated carbocycles. The molecule has 0 atom stereocenters. The zero-order chi connectivity index (χ0) is 18.6. The van der Waals surface area contributed by atoms with E-state index in [0.717, 1.165) is 39.9 Å². The third-order valence-electron chi connectivity index (χ3n) is 4.44. The lowest BCUT2D eigenvalue weighted by Gasteiger charge is -2.06. The molecule has 134 valence electrons. The summed E-state index contributed by atoms with van der Waals surface area (Å²) in [5.74, 6) is 0.585. The van der Waals surface area contributed by atoms with Gasteiger partial charge < -0.3 is 9.73 Å². The fourth-order valence-electron chi connectivity index (χ4n) is 2.98. The Balaban J connectivity index is 1.41. The van der Waals surface area contributed by atoms with Crippen LogP contribution in [-0.2, 0) is 11.2 Å². The van der Waals surface area contributed by atoms with Gasteiger partial charge in [0.05, 0.1) is 0 Å². The Bertz CT molecular complexity index is 1070. The monoisotopic (exact) mass is 356 g/mol. The molecule has 3 aromatic carbocycles. The molecule has 0 spiro atoms. The Hall–Kier alpha value is -3.40. The van der Waals surface area contributed by atoms with E-state index in [4.69, 9.17) is 4.42 Å². The van der Waals surface area contributed by atoms with Gasteiger partial charge in [-0.05, 0) is 60.9 Å². The highest BCUT2D eigenvalue weighted by molar-refractivity contribution is 5.91. The van der Waals surface area contributed by atoms with E-state index in [2.05, 4.69) is 10.3 Å². The first kappa shape index (κ1) is 17.0. The maximum atomic E-state index is 12.1. The summed E-state index contributed by atoms with van der Waals surface area (Å²) in [4.78, 5) is 16.7. The van der Waals surface area contributed by atoms with Crippen molar-refractivity contribution in [2.24, 2.45) is 0 Å². The first-order valence-corrected chi connectivity index (χ1v) is 8.99. The number of rotatable bonds is 5. The molecule has 0 unspecified atom stereocenters. The molecule has 0 fully saturated rings. The van der Waals surface area contributed by atoms with Crippen LogP contribution in [0.15, 0.2) is 77.2 Å². The number of anilines is 1. The number of nitrogens with zero attached hydrogens (tertiary/aromatic N) is 1. The van der Waals surface area contributed by atoms with Crippen LogP contribution in [0.2, 0.25) is 0 Å². The second kappa shape index (κ2) is 7.46. The maximum Gasteiger partial charge on any atom is 0.227 e. The highest BCUT2D eigenvalue weighted by Gasteiger charge is 2.09. The van der Waals surface area contributed by atoms with E-state index in [1.165, 1.54) is 0 Å². The first-order valence-electron chi connectivity index (χ1n) is 8.99. The molecule has 0 aliphatic heterocycles. The van der Waals surface area contributed by atoms with E-state index in [1.54, 1.807) is 0 Å². The molecule has 4 heteroatoms. The minimum absolute atomic E-state index is 0.00365. The smallest absolute Gasteiger partial charge is 0.227 e. The second-order valence-corrected chi connectivity index (χ2v) is 6.60. The van der Waals surface area contributed by atoms with Crippen molar-refractivity contribution in [3.05, 3.63) is 83.9 Å².